The molecule has 0 fully saturated rings. The third-order valence-electron chi connectivity index (χ3n) is 2.80. The SMILES string of the molecule is CCCc1cc(NCC(C)(C)CCN)ncn1. The van der Waals surface area contributed by atoms with Gasteiger partial charge >= 0.3 is 0 Å². The summed E-state index contributed by atoms with van der Waals surface area (Å²) in [5.41, 5.74) is 6.89. The number of nitrogens with zero attached hydrogens (tertiary/aromatic N) is 2. The van der Waals surface area contributed by atoms with Crippen molar-refractivity contribution < 1.29 is 0 Å². The molecule has 17 heavy (non-hydrogen) atoms. The third kappa shape index (κ3) is 5.13. The molecular formula is C13H24N4. The van der Waals surface area contributed by atoms with Gasteiger partial charge in [0.05, 0.1) is 0 Å². The van der Waals surface area contributed by atoms with Crippen LogP contribution in [0.4, 0.5) is 5.82 Å². The van der Waals surface area contributed by atoms with E-state index in [0.717, 1.165) is 43.9 Å². The lowest BCUT2D eigenvalue weighted by molar-refractivity contribution is 0.365. The second-order valence-corrected chi connectivity index (χ2v) is 5.20. The van der Waals surface area contributed by atoms with Crippen LogP contribution in [0.5, 0.6) is 0 Å². The minimum Gasteiger partial charge on any atom is -0.369 e. The molecule has 1 rings (SSSR count). The first-order valence-electron chi connectivity index (χ1n) is 6.32. The van der Waals surface area contributed by atoms with Gasteiger partial charge in [0.15, 0.2) is 0 Å². The minimum atomic E-state index is 0.199. The summed E-state index contributed by atoms with van der Waals surface area (Å²) < 4.78 is 0. The number of rotatable bonds is 7. The predicted octanol–water partition coefficient (Wildman–Crippen LogP) is 2.22. The molecule has 0 saturated carbocycles. The van der Waals surface area contributed by atoms with Gasteiger partial charge in [0.1, 0.15) is 12.1 Å². The Labute approximate surface area is 104 Å². The van der Waals surface area contributed by atoms with Crippen molar-refractivity contribution in [2.75, 3.05) is 18.4 Å². The molecule has 0 radical (unpaired) electrons. The summed E-state index contributed by atoms with van der Waals surface area (Å²) >= 11 is 0. The first-order chi connectivity index (χ1) is 8.07. The first-order valence-corrected chi connectivity index (χ1v) is 6.32. The number of hydrogen-bond donors (Lipinski definition) is 2. The Balaban J connectivity index is 2.53. The van der Waals surface area contributed by atoms with Crippen LogP contribution in [-0.4, -0.2) is 23.1 Å². The molecular weight excluding hydrogens is 212 g/mol. The van der Waals surface area contributed by atoms with Crippen LogP contribution >= 0.6 is 0 Å². The van der Waals surface area contributed by atoms with Gasteiger partial charge in [-0.25, -0.2) is 9.97 Å². The lowest BCUT2D eigenvalue weighted by atomic mass is 9.89. The topological polar surface area (TPSA) is 63.8 Å². The maximum atomic E-state index is 5.59. The van der Waals surface area contributed by atoms with Crippen LogP contribution < -0.4 is 11.1 Å². The molecule has 4 nitrogen and oxygen atoms in total. The minimum absolute atomic E-state index is 0.199. The van der Waals surface area contributed by atoms with E-state index >= 15 is 0 Å². The molecule has 1 heterocycles. The molecule has 0 unspecified atom stereocenters. The fourth-order valence-electron chi connectivity index (χ4n) is 1.70. The number of nitrogens with two attached hydrogens (primary N) is 1. The highest BCUT2D eigenvalue weighted by molar-refractivity contribution is 5.35. The maximum Gasteiger partial charge on any atom is 0.129 e. The first kappa shape index (κ1) is 13.9. The molecule has 3 N–H and O–H groups in total. The van der Waals surface area contributed by atoms with E-state index in [9.17, 15) is 0 Å². The summed E-state index contributed by atoms with van der Waals surface area (Å²) in [4.78, 5) is 8.47. The van der Waals surface area contributed by atoms with Crippen LogP contribution in [0.2, 0.25) is 0 Å². The molecule has 1 aromatic rings. The van der Waals surface area contributed by atoms with E-state index in [4.69, 9.17) is 5.73 Å². The average Bonchev–Trinajstić information content (AvgIpc) is 2.28. The van der Waals surface area contributed by atoms with Gasteiger partial charge in [-0.05, 0) is 24.8 Å². The van der Waals surface area contributed by atoms with Crippen LogP contribution in [0.3, 0.4) is 0 Å². The van der Waals surface area contributed by atoms with Crippen molar-refractivity contribution in [3.05, 3.63) is 18.1 Å². The third-order valence-corrected chi connectivity index (χ3v) is 2.80. The normalized spacial score (nSPS) is 11.5. The van der Waals surface area contributed by atoms with Gasteiger partial charge in [-0.15, -0.1) is 0 Å². The Bertz CT molecular complexity index is 336. The van der Waals surface area contributed by atoms with Crippen LogP contribution in [0.1, 0.15) is 39.3 Å². The molecule has 0 spiro atoms. The van der Waals surface area contributed by atoms with Crippen molar-refractivity contribution >= 4 is 5.82 Å². The maximum absolute atomic E-state index is 5.59. The van der Waals surface area contributed by atoms with Gasteiger partial charge in [-0.3, -0.25) is 0 Å². The highest BCUT2D eigenvalue weighted by Gasteiger charge is 2.16. The Morgan fingerprint density at radius 3 is 2.76 bits per heavy atom. The van der Waals surface area contributed by atoms with Crippen molar-refractivity contribution in [2.45, 2.75) is 40.0 Å². The van der Waals surface area contributed by atoms with Gasteiger partial charge in [-0.1, -0.05) is 27.2 Å². The summed E-state index contributed by atoms with van der Waals surface area (Å²) in [6, 6.07) is 2.03. The molecule has 0 aliphatic rings. The Hall–Kier alpha value is -1.16. The highest BCUT2D eigenvalue weighted by Crippen LogP contribution is 2.19. The number of aromatic nitrogens is 2. The molecule has 0 aliphatic carbocycles. The molecule has 0 aliphatic heterocycles. The number of anilines is 1. The Morgan fingerprint density at radius 2 is 2.12 bits per heavy atom. The van der Waals surface area contributed by atoms with E-state index in [1.807, 2.05) is 6.07 Å². The number of hydrogen-bond acceptors (Lipinski definition) is 4. The molecule has 0 amide bonds. The van der Waals surface area contributed by atoms with Crippen LogP contribution in [0, 0.1) is 5.41 Å². The highest BCUT2D eigenvalue weighted by atomic mass is 15.0. The standard InChI is InChI=1S/C13H24N4/c1-4-5-11-8-12(17-10-16-11)15-9-13(2,3)6-7-14/h8,10H,4-7,9,14H2,1-3H3,(H,15,16,17). The zero-order chi connectivity index (χ0) is 12.7. The van der Waals surface area contributed by atoms with Crippen LogP contribution in [0.25, 0.3) is 0 Å². The van der Waals surface area contributed by atoms with E-state index < -0.39 is 0 Å². The quantitative estimate of drug-likeness (QED) is 0.762. The summed E-state index contributed by atoms with van der Waals surface area (Å²) in [6.45, 7) is 8.17. The van der Waals surface area contributed by atoms with E-state index in [1.165, 1.54) is 0 Å². The smallest absolute Gasteiger partial charge is 0.129 e. The van der Waals surface area contributed by atoms with Crippen molar-refractivity contribution in [3.63, 3.8) is 0 Å². The number of aryl methyl sites for hydroxylation is 1. The van der Waals surface area contributed by atoms with Gasteiger partial charge in [-0.2, -0.15) is 0 Å². The van der Waals surface area contributed by atoms with E-state index in [1.54, 1.807) is 6.33 Å². The largest absolute Gasteiger partial charge is 0.369 e. The predicted molar refractivity (Wildman–Crippen MR) is 72.0 cm³/mol. The molecule has 0 aromatic carbocycles. The van der Waals surface area contributed by atoms with E-state index in [2.05, 4.69) is 36.1 Å². The average molecular weight is 236 g/mol. The summed E-state index contributed by atoms with van der Waals surface area (Å²) in [7, 11) is 0. The van der Waals surface area contributed by atoms with E-state index in [0.29, 0.717) is 0 Å². The molecule has 4 heteroatoms. The monoisotopic (exact) mass is 236 g/mol. The van der Waals surface area contributed by atoms with E-state index in [-0.39, 0.29) is 5.41 Å². The summed E-state index contributed by atoms with van der Waals surface area (Å²) in [6.07, 6.45) is 4.74. The fourth-order valence-corrected chi connectivity index (χ4v) is 1.70. The van der Waals surface area contributed by atoms with Gasteiger partial charge in [0.25, 0.3) is 0 Å². The zero-order valence-electron chi connectivity index (χ0n) is 11.2. The molecule has 96 valence electrons. The molecule has 0 saturated heterocycles. The van der Waals surface area contributed by atoms with Gasteiger partial charge < -0.3 is 11.1 Å². The summed E-state index contributed by atoms with van der Waals surface area (Å²) in [5, 5.41) is 3.36. The fraction of sp³-hybridized carbons (Fsp3) is 0.692. The van der Waals surface area contributed by atoms with Crippen LogP contribution in [-0.2, 0) is 6.42 Å². The van der Waals surface area contributed by atoms with Gasteiger partial charge in [0, 0.05) is 18.3 Å². The van der Waals surface area contributed by atoms with Crippen molar-refractivity contribution in [3.8, 4) is 0 Å². The second-order valence-electron chi connectivity index (χ2n) is 5.20. The summed E-state index contributed by atoms with van der Waals surface area (Å²) in [5.74, 6) is 0.911. The van der Waals surface area contributed by atoms with Crippen molar-refractivity contribution in [2.24, 2.45) is 11.1 Å². The van der Waals surface area contributed by atoms with Crippen LogP contribution in [0.15, 0.2) is 12.4 Å². The lowest BCUT2D eigenvalue weighted by Crippen LogP contribution is -2.26. The molecule has 1 aromatic heterocycles. The second kappa shape index (κ2) is 6.55. The Morgan fingerprint density at radius 1 is 1.35 bits per heavy atom. The van der Waals surface area contributed by atoms with Crippen molar-refractivity contribution in [1.82, 2.24) is 9.97 Å². The Kier molecular flexibility index (Phi) is 5.35. The van der Waals surface area contributed by atoms with Crippen molar-refractivity contribution in [1.29, 1.82) is 0 Å². The van der Waals surface area contributed by atoms with Gasteiger partial charge in [0.2, 0.25) is 0 Å². The zero-order valence-corrected chi connectivity index (χ0v) is 11.2. The number of nitrogens with one attached hydrogen (secondary N) is 1. The lowest BCUT2D eigenvalue weighted by Gasteiger charge is -2.24. The molecule has 0 bridgehead atoms. The molecule has 0 atom stereocenters.